The third-order valence-electron chi connectivity index (χ3n) is 5.39. The van der Waals surface area contributed by atoms with Crippen LogP contribution in [0.25, 0.3) is 0 Å². The highest BCUT2D eigenvalue weighted by molar-refractivity contribution is 7.89. The zero-order valence-corrected chi connectivity index (χ0v) is 19.2. The molecule has 1 amide bonds. The molecule has 1 aromatic heterocycles. The van der Waals surface area contributed by atoms with Crippen molar-refractivity contribution in [2.75, 3.05) is 31.1 Å². The SMILES string of the molecule is O=C(c1cccc(S(=O)(=O)NCc2cccs2)c1)N1CCN(c2ccccc2[N+](=O)[O-])CC1. The molecule has 0 atom stereocenters. The van der Waals surface area contributed by atoms with Crippen LogP contribution in [0.15, 0.2) is 70.9 Å². The van der Waals surface area contributed by atoms with E-state index in [0.29, 0.717) is 31.9 Å². The maximum Gasteiger partial charge on any atom is 0.292 e. The fraction of sp³-hybridized carbons (Fsp3) is 0.227. The largest absolute Gasteiger partial charge is 0.362 e. The number of carbonyl (C=O) groups excluding carboxylic acids is 1. The van der Waals surface area contributed by atoms with Crippen LogP contribution >= 0.6 is 11.3 Å². The zero-order chi connectivity index (χ0) is 23.4. The highest BCUT2D eigenvalue weighted by atomic mass is 32.2. The molecule has 1 aliphatic heterocycles. The molecule has 172 valence electrons. The van der Waals surface area contributed by atoms with E-state index >= 15 is 0 Å². The van der Waals surface area contributed by atoms with Gasteiger partial charge < -0.3 is 9.80 Å². The molecule has 1 N–H and O–H groups in total. The number of piperazine rings is 1. The molecule has 1 saturated heterocycles. The van der Waals surface area contributed by atoms with Crippen molar-refractivity contribution in [1.82, 2.24) is 9.62 Å². The number of hydrogen-bond acceptors (Lipinski definition) is 7. The molecule has 33 heavy (non-hydrogen) atoms. The van der Waals surface area contributed by atoms with Gasteiger partial charge in [0, 0.05) is 49.2 Å². The Bertz CT molecular complexity index is 1250. The second-order valence-electron chi connectivity index (χ2n) is 7.46. The number of nitrogens with zero attached hydrogens (tertiary/aromatic N) is 3. The molecule has 0 radical (unpaired) electrons. The lowest BCUT2D eigenvalue weighted by Crippen LogP contribution is -2.49. The van der Waals surface area contributed by atoms with E-state index in [1.54, 1.807) is 35.2 Å². The van der Waals surface area contributed by atoms with Crippen molar-refractivity contribution in [2.24, 2.45) is 0 Å². The molecule has 0 unspecified atom stereocenters. The van der Waals surface area contributed by atoms with Gasteiger partial charge in [-0.15, -0.1) is 11.3 Å². The molecule has 4 rings (SSSR count). The third kappa shape index (κ3) is 5.21. The van der Waals surface area contributed by atoms with E-state index in [-0.39, 0.29) is 28.6 Å². The van der Waals surface area contributed by atoms with Crippen LogP contribution in [0.4, 0.5) is 11.4 Å². The molecule has 1 aliphatic rings. The van der Waals surface area contributed by atoms with Gasteiger partial charge in [-0.25, -0.2) is 13.1 Å². The lowest BCUT2D eigenvalue weighted by atomic mass is 10.1. The number of carbonyl (C=O) groups is 1. The first-order chi connectivity index (χ1) is 15.8. The van der Waals surface area contributed by atoms with Gasteiger partial charge in [0.05, 0.1) is 9.82 Å². The van der Waals surface area contributed by atoms with Crippen LogP contribution in [0.1, 0.15) is 15.2 Å². The van der Waals surface area contributed by atoms with E-state index in [9.17, 15) is 23.3 Å². The van der Waals surface area contributed by atoms with Gasteiger partial charge in [0.15, 0.2) is 0 Å². The minimum absolute atomic E-state index is 0.0310. The smallest absolute Gasteiger partial charge is 0.292 e. The average molecular weight is 487 g/mol. The minimum Gasteiger partial charge on any atom is -0.362 e. The lowest BCUT2D eigenvalue weighted by Gasteiger charge is -2.35. The summed E-state index contributed by atoms with van der Waals surface area (Å²) in [4.78, 5) is 28.4. The Hall–Kier alpha value is -3.28. The molecule has 2 heterocycles. The van der Waals surface area contributed by atoms with Crippen LogP contribution in [-0.2, 0) is 16.6 Å². The number of sulfonamides is 1. The molecular weight excluding hydrogens is 464 g/mol. The maximum atomic E-state index is 13.0. The fourth-order valence-electron chi connectivity index (χ4n) is 3.68. The first-order valence-corrected chi connectivity index (χ1v) is 12.6. The maximum absolute atomic E-state index is 13.0. The third-order valence-corrected chi connectivity index (χ3v) is 7.67. The van der Waals surface area contributed by atoms with E-state index in [2.05, 4.69) is 4.72 Å². The Morgan fingerprint density at radius 1 is 1.03 bits per heavy atom. The number of anilines is 1. The molecule has 0 bridgehead atoms. The van der Waals surface area contributed by atoms with Crippen LogP contribution in [0.5, 0.6) is 0 Å². The molecule has 0 spiro atoms. The van der Waals surface area contributed by atoms with Gasteiger partial charge in [0.1, 0.15) is 5.69 Å². The Labute approximate surface area is 195 Å². The molecule has 2 aromatic carbocycles. The predicted octanol–water partition coefficient (Wildman–Crippen LogP) is 3.10. The molecule has 3 aromatic rings. The van der Waals surface area contributed by atoms with Crippen molar-refractivity contribution in [2.45, 2.75) is 11.4 Å². The summed E-state index contributed by atoms with van der Waals surface area (Å²) in [5.41, 5.74) is 0.845. The zero-order valence-electron chi connectivity index (χ0n) is 17.6. The van der Waals surface area contributed by atoms with Crippen molar-refractivity contribution in [3.8, 4) is 0 Å². The summed E-state index contributed by atoms with van der Waals surface area (Å²) in [6.45, 7) is 1.82. The van der Waals surface area contributed by atoms with Gasteiger partial charge in [-0.2, -0.15) is 0 Å². The topological polar surface area (TPSA) is 113 Å². The number of para-hydroxylation sites is 2. The number of amides is 1. The summed E-state index contributed by atoms with van der Waals surface area (Å²) in [5, 5.41) is 13.2. The predicted molar refractivity (Wildman–Crippen MR) is 126 cm³/mol. The Kier molecular flexibility index (Phi) is 6.72. The van der Waals surface area contributed by atoms with E-state index in [4.69, 9.17) is 0 Å². The van der Waals surface area contributed by atoms with Crippen molar-refractivity contribution in [3.63, 3.8) is 0 Å². The van der Waals surface area contributed by atoms with E-state index < -0.39 is 14.9 Å². The molecule has 0 saturated carbocycles. The minimum atomic E-state index is -3.77. The van der Waals surface area contributed by atoms with Crippen molar-refractivity contribution >= 4 is 38.6 Å². The second-order valence-corrected chi connectivity index (χ2v) is 10.3. The van der Waals surface area contributed by atoms with Crippen LogP contribution in [0.3, 0.4) is 0 Å². The monoisotopic (exact) mass is 486 g/mol. The highest BCUT2D eigenvalue weighted by Crippen LogP contribution is 2.28. The van der Waals surface area contributed by atoms with E-state index in [0.717, 1.165) is 4.88 Å². The van der Waals surface area contributed by atoms with Crippen LogP contribution in [0.2, 0.25) is 0 Å². The number of nitro groups is 1. The standard InChI is InChI=1S/C22H22N4O5S2/c27-22(25-12-10-24(11-13-25)20-8-1-2-9-21(20)26(28)29)17-5-3-7-19(15-17)33(30,31)23-16-18-6-4-14-32-18/h1-9,14-15,23H,10-13,16H2. The number of thiophene rings is 1. The van der Waals surface area contributed by atoms with Crippen LogP contribution < -0.4 is 9.62 Å². The Balaban J connectivity index is 1.43. The molecule has 1 fully saturated rings. The summed E-state index contributed by atoms with van der Waals surface area (Å²) >= 11 is 1.46. The number of nitrogens with one attached hydrogen (secondary N) is 1. The van der Waals surface area contributed by atoms with E-state index in [1.165, 1.54) is 29.5 Å². The molecule has 9 nitrogen and oxygen atoms in total. The molecule has 11 heteroatoms. The van der Waals surface area contributed by atoms with Crippen LogP contribution in [-0.4, -0.2) is 50.3 Å². The second kappa shape index (κ2) is 9.69. The highest BCUT2D eigenvalue weighted by Gasteiger charge is 2.26. The van der Waals surface area contributed by atoms with Crippen molar-refractivity contribution in [1.29, 1.82) is 0 Å². The van der Waals surface area contributed by atoms with Crippen molar-refractivity contribution < 1.29 is 18.1 Å². The fourth-order valence-corrected chi connectivity index (χ4v) is 5.47. The van der Waals surface area contributed by atoms with Gasteiger partial charge in [-0.1, -0.05) is 24.3 Å². The van der Waals surface area contributed by atoms with Gasteiger partial charge >= 0.3 is 0 Å². The van der Waals surface area contributed by atoms with E-state index in [1.807, 2.05) is 22.4 Å². The number of hydrogen-bond donors (Lipinski definition) is 1. The molecule has 0 aliphatic carbocycles. The summed E-state index contributed by atoms with van der Waals surface area (Å²) < 4.78 is 27.9. The van der Waals surface area contributed by atoms with Crippen LogP contribution in [0, 0.1) is 10.1 Å². The number of benzene rings is 2. The summed E-state index contributed by atoms with van der Waals surface area (Å²) in [6.07, 6.45) is 0. The summed E-state index contributed by atoms with van der Waals surface area (Å²) in [5.74, 6) is -0.271. The Morgan fingerprint density at radius 3 is 2.48 bits per heavy atom. The summed E-state index contributed by atoms with van der Waals surface area (Å²) in [7, 11) is -3.77. The normalized spacial score (nSPS) is 14.3. The summed E-state index contributed by atoms with van der Waals surface area (Å²) in [6, 6.07) is 16.2. The van der Waals surface area contributed by atoms with Crippen molar-refractivity contribution in [3.05, 3.63) is 86.6 Å². The number of nitro benzene ring substituents is 1. The van der Waals surface area contributed by atoms with Gasteiger partial charge in [0.2, 0.25) is 10.0 Å². The van der Waals surface area contributed by atoms with Gasteiger partial charge in [0.25, 0.3) is 11.6 Å². The Morgan fingerprint density at radius 2 is 1.79 bits per heavy atom. The van der Waals surface area contributed by atoms with Gasteiger partial charge in [-0.05, 0) is 35.7 Å². The lowest BCUT2D eigenvalue weighted by molar-refractivity contribution is -0.384. The number of rotatable bonds is 7. The first kappa shape index (κ1) is 22.9. The molecular formula is C22H22N4O5S2. The first-order valence-electron chi connectivity index (χ1n) is 10.2. The quantitative estimate of drug-likeness (QED) is 0.406. The average Bonchev–Trinajstić information content (AvgIpc) is 3.36. The van der Waals surface area contributed by atoms with Gasteiger partial charge in [-0.3, -0.25) is 14.9 Å².